The first-order chi connectivity index (χ1) is 16.9. The Balaban J connectivity index is 1.42. The Morgan fingerprint density at radius 1 is 0.971 bits per heavy atom. The topological polar surface area (TPSA) is 73.6 Å². The number of aryl methyl sites for hydroxylation is 2. The number of benzene rings is 3. The van der Waals surface area contributed by atoms with Crippen LogP contribution in [-0.4, -0.2) is 25.7 Å². The lowest BCUT2D eigenvalue weighted by Gasteiger charge is -2.19. The molecule has 0 bridgehead atoms. The summed E-state index contributed by atoms with van der Waals surface area (Å²) in [6.07, 6.45) is 1.43. The molecule has 0 aromatic heterocycles. The molecular formula is C28H32Cl2N2O3. The summed E-state index contributed by atoms with van der Waals surface area (Å²) >= 11 is 12.4. The third-order valence-electron chi connectivity index (χ3n) is 5.76. The van der Waals surface area contributed by atoms with Crippen LogP contribution in [0.2, 0.25) is 10.0 Å². The van der Waals surface area contributed by atoms with Gasteiger partial charge >= 0.3 is 0 Å². The summed E-state index contributed by atoms with van der Waals surface area (Å²) in [6.45, 7) is 4.89. The molecule has 3 rings (SSSR count). The molecule has 0 aliphatic rings. The lowest BCUT2D eigenvalue weighted by Crippen LogP contribution is -2.36. The zero-order valence-electron chi connectivity index (χ0n) is 20.1. The maximum atomic E-state index is 12.7. The van der Waals surface area contributed by atoms with Crippen molar-refractivity contribution < 1.29 is 14.3 Å². The van der Waals surface area contributed by atoms with Gasteiger partial charge in [-0.15, -0.1) is 0 Å². The summed E-state index contributed by atoms with van der Waals surface area (Å²) in [7, 11) is 0. The van der Waals surface area contributed by atoms with Crippen LogP contribution >= 0.6 is 23.2 Å². The molecule has 1 amide bonds. The number of nitrogens with one attached hydrogen (secondary N) is 1. The molecule has 7 heteroatoms. The SMILES string of the molecule is Cc1cc(Cl)c(OCCOc2ccc(CCC(CN)C(=O)NC(C)c3ccccc3)cc2)c(Cl)c1. The fourth-order valence-corrected chi connectivity index (χ4v) is 4.44. The average molecular weight is 515 g/mol. The molecule has 0 heterocycles. The second-order valence-corrected chi connectivity index (χ2v) is 9.33. The van der Waals surface area contributed by atoms with Gasteiger partial charge in [0, 0.05) is 6.54 Å². The highest BCUT2D eigenvalue weighted by Crippen LogP contribution is 2.34. The van der Waals surface area contributed by atoms with Gasteiger partial charge in [-0.2, -0.15) is 0 Å². The van der Waals surface area contributed by atoms with E-state index in [0.29, 0.717) is 42.0 Å². The minimum Gasteiger partial charge on any atom is -0.490 e. The fourth-order valence-electron chi connectivity index (χ4n) is 3.73. The molecule has 0 aliphatic carbocycles. The van der Waals surface area contributed by atoms with E-state index in [1.807, 2.05) is 80.6 Å². The first-order valence-corrected chi connectivity index (χ1v) is 12.5. The lowest BCUT2D eigenvalue weighted by molar-refractivity contribution is -0.125. The number of halogens is 2. The molecule has 0 radical (unpaired) electrons. The van der Waals surface area contributed by atoms with Gasteiger partial charge in [0.25, 0.3) is 0 Å². The molecule has 0 saturated heterocycles. The molecule has 3 aromatic carbocycles. The Bertz CT molecular complexity index is 1070. The van der Waals surface area contributed by atoms with E-state index in [4.69, 9.17) is 38.4 Å². The van der Waals surface area contributed by atoms with Crippen molar-refractivity contribution in [3.8, 4) is 11.5 Å². The van der Waals surface area contributed by atoms with Crippen molar-refractivity contribution in [2.45, 2.75) is 32.7 Å². The zero-order chi connectivity index (χ0) is 25.2. The van der Waals surface area contributed by atoms with E-state index < -0.39 is 0 Å². The molecule has 5 nitrogen and oxygen atoms in total. The summed E-state index contributed by atoms with van der Waals surface area (Å²) in [5.74, 6) is 0.949. The van der Waals surface area contributed by atoms with Crippen molar-refractivity contribution in [1.29, 1.82) is 0 Å². The number of nitrogens with two attached hydrogens (primary N) is 1. The summed E-state index contributed by atoms with van der Waals surface area (Å²) in [4.78, 5) is 12.7. The first-order valence-electron chi connectivity index (χ1n) is 11.7. The average Bonchev–Trinajstić information content (AvgIpc) is 2.84. The van der Waals surface area contributed by atoms with Crippen molar-refractivity contribution >= 4 is 29.1 Å². The van der Waals surface area contributed by atoms with E-state index in [9.17, 15) is 4.79 Å². The number of hydrogen-bond acceptors (Lipinski definition) is 4. The second-order valence-electron chi connectivity index (χ2n) is 8.51. The Morgan fingerprint density at radius 3 is 2.23 bits per heavy atom. The van der Waals surface area contributed by atoms with Crippen molar-refractivity contribution in [3.05, 3.63) is 93.5 Å². The van der Waals surface area contributed by atoms with E-state index in [2.05, 4.69) is 5.32 Å². The van der Waals surface area contributed by atoms with Crippen molar-refractivity contribution in [2.24, 2.45) is 11.7 Å². The van der Waals surface area contributed by atoms with Gasteiger partial charge in [-0.1, -0.05) is 65.7 Å². The van der Waals surface area contributed by atoms with Crippen LogP contribution in [0.15, 0.2) is 66.7 Å². The van der Waals surface area contributed by atoms with Crippen molar-refractivity contribution in [1.82, 2.24) is 5.32 Å². The van der Waals surface area contributed by atoms with Gasteiger partial charge in [-0.25, -0.2) is 0 Å². The van der Waals surface area contributed by atoms with Crippen LogP contribution in [0, 0.1) is 12.8 Å². The van der Waals surface area contributed by atoms with E-state index in [1.54, 1.807) is 0 Å². The minimum absolute atomic E-state index is 0.0161. The van der Waals surface area contributed by atoms with Gasteiger partial charge in [-0.05, 0) is 67.6 Å². The number of carbonyl (C=O) groups is 1. The molecule has 0 aliphatic heterocycles. The van der Waals surface area contributed by atoms with E-state index in [0.717, 1.165) is 28.9 Å². The monoisotopic (exact) mass is 514 g/mol. The van der Waals surface area contributed by atoms with Gasteiger partial charge in [0.05, 0.1) is 22.0 Å². The van der Waals surface area contributed by atoms with Crippen LogP contribution in [0.25, 0.3) is 0 Å². The Labute approximate surface area is 217 Å². The minimum atomic E-state index is -0.241. The molecule has 186 valence electrons. The first kappa shape index (κ1) is 26.9. The highest BCUT2D eigenvalue weighted by atomic mass is 35.5. The highest BCUT2D eigenvalue weighted by Gasteiger charge is 2.19. The second kappa shape index (κ2) is 13.4. The number of carbonyl (C=O) groups excluding carboxylic acids is 1. The predicted molar refractivity (Wildman–Crippen MR) is 142 cm³/mol. The third-order valence-corrected chi connectivity index (χ3v) is 6.32. The smallest absolute Gasteiger partial charge is 0.224 e. The summed E-state index contributed by atoms with van der Waals surface area (Å²) in [5, 5.41) is 4.04. The van der Waals surface area contributed by atoms with Crippen LogP contribution < -0.4 is 20.5 Å². The highest BCUT2D eigenvalue weighted by molar-refractivity contribution is 6.37. The third kappa shape index (κ3) is 8.17. The molecule has 2 unspecified atom stereocenters. The molecule has 0 saturated carbocycles. The zero-order valence-corrected chi connectivity index (χ0v) is 21.6. The van der Waals surface area contributed by atoms with Crippen molar-refractivity contribution in [2.75, 3.05) is 19.8 Å². The molecule has 0 spiro atoms. The maximum absolute atomic E-state index is 12.7. The molecule has 2 atom stereocenters. The Kier molecular flexibility index (Phi) is 10.3. The van der Waals surface area contributed by atoms with E-state index in [1.165, 1.54) is 0 Å². The number of hydrogen-bond donors (Lipinski definition) is 2. The maximum Gasteiger partial charge on any atom is 0.224 e. The molecule has 35 heavy (non-hydrogen) atoms. The molecule has 3 aromatic rings. The summed E-state index contributed by atoms with van der Waals surface area (Å²) in [6, 6.07) is 21.3. The van der Waals surface area contributed by atoms with Crippen LogP contribution in [0.1, 0.15) is 36.1 Å². The van der Waals surface area contributed by atoms with Gasteiger partial charge in [0.15, 0.2) is 5.75 Å². The quantitative estimate of drug-likeness (QED) is 0.284. The van der Waals surface area contributed by atoms with Crippen LogP contribution in [-0.2, 0) is 11.2 Å². The van der Waals surface area contributed by atoms with Crippen molar-refractivity contribution in [3.63, 3.8) is 0 Å². The number of amides is 1. The van der Waals surface area contributed by atoms with Gasteiger partial charge in [0.2, 0.25) is 5.91 Å². The van der Waals surface area contributed by atoms with Crippen LogP contribution in [0.4, 0.5) is 0 Å². The van der Waals surface area contributed by atoms with Crippen LogP contribution in [0.3, 0.4) is 0 Å². The summed E-state index contributed by atoms with van der Waals surface area (Å²) < 4.78 is 11.4. The van der Waals surface area contributed by atoms with Crippen LogP contribution in [0.5, 0.6) is 11.5 Å². The summed E-state index contributed by atoms with van der Waals surface area (Å²) in [5.41, 5.74) is 9.07. The fraction of sp³-hybridized carbons (Fsp3) is 0.321. The predicted octanol–water partition coefficient (Wildman–Crippen LogP) is 6.14. The largest absolute Gasteiger partial charge is 0.490 e. The normalized spacial score (nSPS) is 12.6. The van der Waals surface area contributed by atoms with Gasteiger partial charge in [-0.3, -0.25) is 4.79 Å². The lowest BCUT2D eigenvalue weighted by atomic mass is 9.98. The molecule has 0 fully saturated rings. The molecule has 3 N–H and O–H groups in total. The standard InChI is InChI=1S/C28H32Cl2N2O3/c1-19-16-25(29)27(26(30)17-19)35-15-14-34-24-12-9-21(10-13-24)8-11-23(18-31)28(33)32-20(2)22-6-4-3-5-7-22/h3-7,9-10,12-13,16-17,20,23H,8,11,14-15,18,31H2,1-2H3,(H,32,33). The molecular weight excluding hydrogens is 483 g/mol. The number of ether oxygens (including phenoxy) is 2. The number of rotatable bonds is 12. The Morgan fingerprint density at radius 2 is 1.60 bits per heavy atom. The van der Waals surface area contributed by atoms with Gasteiger partial charge in [0.1, 0.15) is 19.0 Å². The van der Waals surface area contributed by atoms with Gasteiger partial charge < -0.3 is 20.5 Å². The van der Waals surface area contributed by atoms with E-state index >= 15 is 0 Å². The Hall–Kier alpha value is -2.73. The van der Waals surface area contributed by atoms with E-state index in [-0.39, 0.29) is 17.9 Å².